The van der Waals surface area contributed by atoms with Crippen molar-refractivity contribution in [2.45, 2.75) is 52.7 Å². The van der Waals surface area contributed by atoms with Gasteiger partial charge in [-0.3, -0.25) is 4.79 Å². The zero-order valence-electron chi connectivity index (χ0n) is 22.2. The SMILES string of the molecule is COC[C@@H]1CCN(S(=O)(=O)NC(=O)c2coc(N(C(=O)OC(C)(C)C)c3cc(C)c(F)cc3C)n2)CCO1. The predicted molar refractivity (Wildman–Crippen MR) is 135 cm³/mol. The number of benzene rings is 1. The van der Waals surface area contributed by atoms with Crippen molar-refractivity contribution in [3.05, 3.63) is 41.0 Å². The molecule has 38 heavy (non-hydrogen) atoms. The summed E-state index contributed by atoms with van der Waals surface area (Å²) in [5.41, 5.74) is -0.435. The maximum Gasteiger partial charge on any atom is 0.423 e. The number of methoxy groups -OCH3 is 1. The molecule has 1 aromatic carbocycles. The topological polar surface area (TPSA) is 141 Å². The van der Waals surface area contributed by atoms with Crippen LogP contribution in [0.25, 0.3) is 0 Å². The number of hydrogen-bond acceptors (Lipinski definition) is 9. The molecule has 3 rings (SSSR count). The minimum absolute atomic E-state index is 0.0442. The number of halogens is 1. The van der Waals surface area contributed by atoms with Crippen LogP contribution in [0.3, 0.4) is 0 Å². The Bertz CT molecular complexity index is 1270. The fourth-order valence-electron chi connectivity index (χ4n) is 3.66. The number of aryl methyl sites for hydroxylation is 2. The van der Waals surface area contributed by atoms with Crippen molar-refractivity contribution >= 4 is 33.9 Å². The second-order valence-corrected chi connectivity index (χ2v) is 11.5. The van der Waals surface area contributed by atoms with Crippen LogP contribution in [0.15, 0.2) is 22.8 Å². The lowest BCUT2D eigenvalue weighted by molar-refractivity contribution is 0.00560. The zero-order valence-corrected chi connectivity index (χ0v) is 23.1. The molecular formula is C24H33FN4O8S. The van der Waals surface area contributed by atoms with E-state index in [0.29, 0.717) is 18.6 Å². The lowest BCUT2D eigenvalue weighted by Crippen LogP contribution is -2.44. The first-order valence-corrected chi connectivity index (χ1v) is 13.3. The van der Waals surface area contributed by atoms with Crippen LogP contribution in [0.5, 0.6) is 0 Å². The lowest BCUT2D eigenvalue weighted by Gasteiger charge is -2.26. The number of hydrogen-bond donors (Lipinski definition) is 1. The molecule has 1 aromatic heterocycles. The number of nitrogens with zero attached hydrogens (tertiary/aromatic N) is 3. The van der Waals surface area contributed by atoms with Crippen LogP contribution in [-0.2, 0) is 24.4 Å². The summed E-state index contributed by atoms with van der Waals surface area (Å²) in [6, 6.07) is 2.30. The van der Waals surface area contributed by atoms with Gasteiger partial charge in [0.25, 0.3) is 5.91 Å². The Hall–Kier alpha value is -3.07. The summed E-state index contributed by atoms with van der Waals surface area (Å²) >= 11 is 0. The van der Waals surface area contributed by atoms with Crippen LogP contribution in [0.2, 0.25) is 0 Å². The van der Waals surface area contributed by atoms with Gasteiger partial charge in [-0.2, -0.15) is 22.6 Å². The number of amides is 2. The molecule has 1 N–H and O–H groups in total. The molecule has 1 aliphatic rings. The molecule has 1 fully saturated rings. The predicted octanol–water partition coefficient (Wildman–Crippen LogP) is 3.22. The Morgan fingerprint density at radius 2 is 1.95 bits per heavy atom. The quantitative estimate of drug-likeness (QED) is 0.544. The standard InChI is InChI=1S/C24H33FN4O8S/c1-15-12-20(16(2)11-18(15)25)29(23(31)37-24(3,4)5)22-26-19(14-36-22)21(30)27-38(32,33)28-8-7-17(13-34-6)35-10-9-28/h11-12,14,17H,7-10,13H2,1-6H3,(H,27,30)/t17-/m0/s1. The number of anilines is 2. The molecule has 1 aliphatic heterocycles. The first kappa shape index (κ1) is 29.5. The van der Waals surface area contributed by atoms with E-state index in [1.165, 1.54) is 26.2 Å². The van der Waals surface area contributed by atoms with Crippen LogP contribution < -0.4 is 9.62 Å². The third kappa shape index (κ3) is 7.28. The first-order chi connectivity index (χ1) is 17.7. The number of nitrogens with one attached hydrogen (secondary N) is 1. The van der Waals surface area contributed by atoms with Gasteiger partial charge in [0.15, 0.2) is 5.69 Å². The van der Waals surface area contributed by atoms with Gasteiger partial charge >= 0.3 is 22.3 Å². The Labute approximate surface area is 221 Å². The fourth-order valence-corrected chi connectivity index (χ4v) is 4.79. The van der Waals surface area contributed by atoms with E-state index in [2.05, 4.69) is 4.98 Å². The molecule has 1 saturated heterocycles. The minimum Gasteiger partial charge on any atom is -0.443 e. The lowest BCUT2D eigenvalue weighted by atomic mass is 10.1. The molecule has 2 heterocycles. The van der Waals surface area contributed by atoms with Crippen LogP contribution in [0.4, 0.5) is 20.9 Å². The summed E-state index contributed by atoms with van der Waals surface area (Å²) in [7, 11) is -2.70. The highest BCUT2D eigenvalue weighted by Crippen LogP contribution is 2.32. The van der Waals surface area contributed by atoms with Crippen LogP contribution in [0, 0.1) is 19.7 Å². The number of rotatable bonds is 7. The van der Waals surface area contributed by atoms with Crippen molar-refractivity contribution in [3.63, 3.8) is 0 Å². The largest absolute Gasteiger partial charge is 0.443 e. The van der Waals surface area contributed by atoms with E-state index in [4.69, 9.17) is 18.6 Å². The molecule has 0 radical (unpaired) electrons. The smallest absolute Gasteiger partial charge is 0.423 e. The second kappa shape index (κ2) is 11.8. The average Bonchev–Trinajstić information content (AvgIpc) is 3.15. The van der Waals surface area contributed by atoms with E-state index in [1.807, 2.05) is 4.72 Å². The van der Waals surface area contributed by atoms with Gasteiger partial charge in [-0.25, -0.2) is 13.9 Å². The molecule has 0 unspecified atom stereocenters. The molecule has 1 atom stereocenters. The van der Waals surface area contributed by atoms with Gasteiger partial charge in [-0.1, -0.05) is 0 Å². The van der Waals surface area contributed by atoms with E-state index < -0.39 is 39.3 Å². The van der Waals surface area contributed by atoms with Crippen molar-refractivity contribution in [3.8, 4) is 0 Å². The van der Waals surface area contributed by atoms with Crippen LogP contribution in [0.1, 0.15) is 48.8 Å². The molecule has 14 heteroatoms. The van der Waals surface area contributed by atoms with Gasteiger partial charge in [-0.15, -0.1) is 0 Å². The van der Waals surface area contributed by atoms with Crippen molar-refractivity contribution < 1.29 is 41.0 Å². The Morgan fingerprint density at radius 1 is 1.24 bits per heavy atom. The molecule has 0 aliphatic carbocycles. The van der Waals surface area contributed by atoms with Crippen LogP contribution >= 0.6 is 0 Å². The molecule has 2 aromatic rings. The van der Waals surface area contributed by atoms with Gasteiger partial charge in [0.05, 0.1) is 25.0 Å². The third-order valence-corrected chi connectivity index (χ3v) is 7.01. The van der Waals surface area contributed by atoms with Gasteiger partial charge in [0.1, 0.15) is 17.7 Å². The van der Waals surface area contributed by atoms with Crippen molar-refractivity contribution in [2.75, 3.05) is 38.3 Å². The number of carbonyl (C=O) groups is 2. The fraction of sp³-hybridized carbons (Fsp3) is 0.542. The zero-order chi connectivity index (χ0) is 28.3. The summed E-state index contributed by atoms with van der Waals surface area (Å²) < 4.78 is 64.4. The summed E-state index contributed by atoms with van der Waals surface area (Å²) in [6.07, 6.45) is 0.163. The van der Waals surface area contributed by atoms with Crippen molar-refractivity contribution in [1.29, 1.82) is 0 Å². The molecule has 0 bridgehead atoms. The molecule has 12 nitrogen and oxygen atoms in total. The monoisotopic (exact) mass is 556 g/mol. The van der Waals surface area contributed by atoms with E-state index in [1.54, 1.807) is 27.7 Å². The van der Waals surface area contributed by atoms with E-state index in [-0.39, 0.29) is 43.1 Å². The summed E-state index contributed by atoms with van der Waals surface area (Å²) in [5, 5.41) is 0. The maximum absolute atomic E-state index is 14.1. The van der Waals surface area contributed by atoms with Gasteiger partial charge < -0.3 is 18.6 Å². The number of aromatic nitrogens is 1. The van der Waals surface area contributed by atoms with Crippen molar-refractivity contribution in [1.82, 2.24) is 14.0 Å². The molecule has 0 spiro atoms. The third-order valence-electron chi connectivity index (χ3n) is 5.52. The van der Waals surface area contributed by atoms with E-state index in [9.17, 15) is 22.4 Å². The Morgan fingerprint density at radius 3 is 2.61 bits per heavy atom. The Kier molecular flexibility index (Phi) is 9.13. The molecular weight excluding hydrogens is 523 g/mol. The number of ether oxygens (including phenoxy) is 3. The maximum atomic E-state index is 14.1. The highest BCUT2D eigenvalue weighted by atomic mass is 32.2. The Balaban J connectivity index is 1.85. The molecule has 210 valence electrons. The van der Waals surface area contributed by atoms with Gasteiger partial charge in [-0.05, 0) is 64.3 Å². The average molecular weight is 557 g/mol. The van der Waals surface area contributed by atoms with Crippen molar-refractivity contribution in [2.24, 2.45) is 0 Å². The first-order valence-electron chi connectivity index (χ1n) is 11.9. The van der Waals surface area contributed by atoms with E-state index >= 15 is 0 Å². The molecule has 0 saturated carbocycles. The van der Waals surface area contributed by atoms with Gasteiger partial charge in [0.2, 0.25) is 0 Å². The summed E-state index contributed by atoms with van der Waals surface area (Å²) in [4.78, 5) is 30.9. The summed E-state index contributed by atoms with van der Waals surface area (Å²) in [6.45, 7) is 8.72. The number of carbonyl (C=O) groups excluding carboxylic acids is 2. The minimum atomic E-state index is -4.23. The second-order valence-electron chi connectivity index (χ2n) is 9.79. The molecule has 2 amide bonds. The normalized spacial score (nSPS) is 17.1. The highest BCUT2D eigenvalue weighted by molar-refractivity contribution is 7.87. The van der Waals surface area contributed by atoms with E-state index in [0.717, 1.165) is 15.5 Å². The number of oxazole rings is 1. The summed E-state index contributed by atoms with van der Waals surface area (Å²) in [5.74, 6) is -1.53. The highest BCUT2D eigenvalue weighted by Gasteiger charge is 2.33. The van der Waals surface area contributed by atoms with Gasteiger partial charge in [0, 0.05) is 20.2 Å². The van der Waals surface area contributed by atoms with Crippen LogP contribution in [-0.4, -0.2) is 74.8 Å².